The maximum atomic E-state index is 15.0. The summed E-state index contributed by atoms with van der Waals surface area (Å²) in [6.45, 7) is 0.350. The van der Waals surface area contributed by atoms with Crippen LogP contribution in [0.5, 0.6) is 5.75 Å². The molecular formula is C25H20F2N2O3S. The average Bonchev–Trinajstić information content (AvgIpc) is 2.95. The second-order valence-electron chi connectivity index (χ2n) is 8.94. The van der Waals surface area contributed by atoms with Gasteiger partial charge in [-0.3, -0.25) is 19.3 Å². The molecule has 5 nitrogen and oxygen atoms in total. The van der Waals surface area contributed by atoms with Crippen LogP contribution in [0.25, 0.3) is 0 Å². The first kappa shape index (κ1) is 20.5. The van der Waals surface area contributed by atoms with E-state index in [0.29, 0.717) is 24.9 Å². The van der Waals surface area contributed by atoms with E-state index in [9.17, 15) is 23.5 Å². The number of ketones is 1. The molecule has 168 valence electrons. The number of thioether (sulfide) groups is 1. The third-order valence-corrected chi connectivity index (χ3v) is 8.33. The number of carbonyl (C=O) groups excluding carboxylic acids is 1. The van der Waals surface area contributed by atoms with E-state index in [4.69, 9.17) is 0 Å². The van der Waals surface area contributed by atoms with Gasteiger partial charge in [0, 0.05) is 35.0 Å². The van der Waals surface area contributed by atoms with Crippen molar-refractivity contribution < 1.29 is 18.7 Å². The minimum Gasteiger partial charge on any atom is -0.503 e. The zero-order valence-electron chi connectivity index (χ0n) is 17.6. The van der Waals surface area contributed by atoms with Crippen LogP contribution in [0, 0.1) is 17.0 Å². The van der Waals surface area contributed by atoms with Gasteiger partial charge in [0.1, 0.15) is 0 Å². The minimum absolute atomic E-state index is 0.0352. The normalized spacial score (nSPS) is 20.5. The van der Waals surface area contributed by atoms with Gasteiger partial charge in [0.2, 0.25) is 5.43 Å². The van der Waals surface area contributed by atoms with Gasteiger partial charge in [0.15, 0.2) is 28.9 Å². The van der Waals surface area contributed by atoms with Gasteiger partial charge in [0.25, 0.3) is 0 Å². The van der Waals surface area contributed by atoms with Crippen molar-refractivity contribution in [1.29, 1.82) is 0 Å². The Labute approximate surface area is 192 Å². The van der Waals surface area contributed by atoms with E-state index in [-0.39, 0.29) is 22.8 Å². The van der Waals surface area contributed by atoms with Crippen LogP contribution in [0.1, 0.15) is 52.5 Å². The lowest BCUT2D eigenvalue weighted by molar-refractivity contribution is 0.0537. The summed E-state index contributed by atoms with van der Waals surface area (Å²) in [7, 11) is 0. The lowest BCUT2D eigenvalue weighted by atomic mass is 9.64. The Morgan fingerprint density at radius 2 is 1.82 bits per heavy atom. The Balaban J connectivity index is 1.65. The van der Waals surface area contributed by atoms with Gasteiger partial charge < -0.3 is 5.11 Å². The molecule has 1 aliphatic carbocycles. The van der Waals surface area contributed by atoms with Crippen LogP contribution >= 0.6 is 11.8 Å². The molecule has 1 aromatic heterocycles. The molecule has 2 aliphatic heterocycles. The predicted octanol–water partition coefficient (Wildman–Crippen LogP) is 4.53. The summed E-state index contributed by atoms with van der Waals surface area (Å²) >= 11 is 1.44. The van der Waals surface area contributed by atoms with Crippen LogP contribution in [-0.2, 0) is 5.75 Å². The zero-order valence-corrected chi connectivity index (χ0v) is 18.4. The Morgan fingerprint density at radius 1 is 1.03 bits per heavy atom. The van der Waals surface area contributed by atoms with Gasteiger partial charge in [-0.25, -0.2) is 8.78 Å². The summed E-state index contributed by atoms with van der Waals surface area (Å²) in [4.78, 5) is 26.6. The standard InChI is InChI=1S/C25H20F2N2O3S/c26-17-7-6-14-16(20(17)27)12-33-19-5-2-1-4-15(19)21(14)29-13-25(9-3-10-25)24(32)22-23(31)18(30)8-11-28(22)29/h1-2,4-8,11,21,31H,3,9-10,12-13H2/t21-/m1/s1. The Morgan fingerprint density at radius 3 is 2.58 bits per heavy atom. The number of pyridine rings is 1. The molecule has 33 heavy (non-hydrogen) atoms. The van der Waals surface area contributed by atoms with Crippen LogP contribution in [0.15, 0.2) is 58.4 Å². The van der Waals surface area contributed by atoms with Crippen molar-refractivity contribution in [1.82, 2.24) is 4.68 Å². The highest BCUT2D eigenvalue weighted by atomic mass is 32.2. The van der Waals surface area contributed by atoms with Crippen molar-refractivity contribution in [3.63, 3.8) is 0 Å². The Hall–Kier alpha value is -3.13. The minimum atomic E-state index is -0.898. The first-order chi connectivity index (χ1) is 15.9. The molecule has 8 heteroatoms. The first-order valence-corrected chi connectivity index (χ1v) is 11.8. The van der Waals surface area contributed by atoms with E-state index >= 15 is 0 Å². The molecule has 0 radical (unpaired) electrons. The van der Waals surface area contributed by atoms with Crippen LogP contribution in [0.2, 0.25) is 0 Å². The third kappa shape index (κ3) is 2.83. The van der Waals surface area contributed by atoms with Crippen molar-refractivity contribution in [2.24, 2.45) is 5.41 Å². The molecule has 0 bridgehead atoms. The highest BCUT2D eigenvalue weighted by Crippen LogP contribution is 2.50. The second kappa shape index (κ2) is 7.18. The lowest BCUT2D eigenvalue weighted by Crippen LogP contribution is -2.58. The molecule has 0 saturated heterocycles. The Kier molecular flexibility index (Phi) is 4.46. The predicted molar refractivity (Wildman–Crippen MR) is 120 cm³/mol. The molecule has 1 saturated carbocycles. The molecule has 1 N–H and O–H groups in total. The smallest absolute Gasteiger partial charge is 0.224 e. The number of Topliss-reactive ketones (excluding diaryl/α,β-unsaturated/α-hetero) is 1. The van der Waals surface area contributed by atoms with Crippen LogP contribution in [-0.4, -0.2) is 22.1 Å². The van der Waals surface area contributed by atoms with Crippen molar-refractivity contribution in [2.75, 3.05) is 11.6 Å². The van der Waals surface area contributed by atoms with Gasteiger partial charge in [-0.05, 0) is 36.1 Å². The number of aromatic nitrogens is 1. The molecule has 1 spiro atoms. The molecule has 3 aromatic rings. The Bertz CT molecular complexity index is 1380. The van der Waals surface area contributed by atoms with E-state index < -0.39 is 34.3 Å². The fourth-order valence-corrected chi connectivity index (χ4v) is 6.46. The molecule has 3 heterocycles. The number of fused-ring (bicyclic) bond motifs is 3. The fourth-order valence-electron chi connectivity index (χ4n) is 5.34. The number of hydrogen-bond acceptors (Lipinski definition) is 5. The molecule has 1 atom stereocenters. The van der Waals surface area contributed by atoms with Crippen LogP contribution in [0.4, 0.5) is 8.78 Å². The molecule has 6 rings (SSSR count). The monoisotopic (exact) mass is 466 g/mol. The third-order valence-electron chi connectivity index (χ3n) is 7.21. The molecule has 0 unspecified atom stereocenters. The van der Waals surface area contributed by atoms with Crippen molar-refractivity contribution in [3.8, 4) is 5.75 Å². The van der Waals surface area contributed by atoms with E-state index in [2.05, 4.69) is 0 Å². The highest BCUT2D eigenvalue weighted by molar-refractivity contribution is 7.98. The van der Waals surface area contributed by atoms with Gasteiger partial charge in [0.05, 0.1) is 11.5 Å². The number of halogens is 2. The summed E-state index contributed by atoms with van der Waals surface area (Å²) in [6, 6.07) is 11.1. The van der Waals surface area contributed by atoms with Gasteiger partial charge in [-0.2, -0.15) is 0 Å². The van der Waals surface area contributed by atoms with Crippen LogP contribution in [0.3, 0.4) is 0 Å². The van der Waals surface area contributed by atoms with Gasteiger partial charge >= 0.3 is 0 Å². The van der Waals surface area contributed by atoms with Gasteiger partial charge in [-0.15, -0.1) is 11.8 Å². The van der Waals surface area contributed by atoms with Gasteiger partial charge in [-0.1, -0.05) is 30.7 Å². The van der Waals surface area contributed by atoms with E-state index in [1.165, 1.54) is 28.7 Å². The van der Waals surface area contributed by atoms with Crippen LogP contribution < -0.4 is 10.4 Å². The number of rotatable bonds is 1. The number of hydrogen-bond donors (Lipinski definition) is 1. The largest absolute Gasteiger partial charge is 0.503 e. The maximum absolute atomic E-state index is 15.0. The average molecular weight is 467 g/mol. The summed E-state index contributed by atoms with van der Waals surface area (Å²) < 4.78 is 30.7. The lowest BCUT2D eigenvalue weighted by Gasteiger charge is -2.51. The molecule has 0 amide bonds. The highest BCUT2D eigenvalue weighted by Gasteiger charge is 2.52. The van der Waals surface area contributed by atoms with Crippen molar-refractivity contribution in [3.05, 3.63) is 92.9 Å². The first-order valence-electron chi connectivity index (χ1n) is 10.9. The summed E-state index contributed by atoms with van der Waals surface area (Å²) in [5.74, 6) is -2.30. The molecule has 3 aliphatic rings. The quantitative estimate of drug-likeness (QED) is 0.571. The van der Waals surface area contributed by atoms with E-state index in [1.54, 1.807) is 6.07 Å². The zero-order chi connectivity index (χ0) is 22.9. The van der Waals surface area contributed by atoms with Crippen molar-refractivity contribution >= 4 is 17.5 Å². The number of benzene rings is 2. The summed E-state index contributed by atoms with van der Waals surface area (Å²) in [5, 5.41) is 12.5. The molecule has 2 aromatic carbocycles. The summed E-state index contributed by atoms with van der Waals surface area (Å²) in [5.41, 5.74) is 0.439. The topological polar surface area (TPSA) is 62.5 Å². The number of aromatic hydroxyl groups is 1. The SMILES string of the molecule is O=C1c2c(O)c(=O)ccn2N([C@H]2c3ccccc3SCc3c2ccc(F)c3F)CC12CCC2. The maximum Gasteiger partial charge on any atom is 0.224 e. The second-order valence-corrected chi connectivity index (χ2v) is 9.96. The summed E-state index contributed by atoms with van der Waals surface area (Å²) in [6.07, 6.45) is 3.67. The number of carbonyl (C=O) groups is 1. The number of nitrogens with zero attached hydrogens (tertiary/aromatic N) is 2. The van der Waals surface area contributed by atoms with Crippen molar-refractivity contribution in [2.45, 2.75) is 36.0 Å². The van der Waals surface area contributed by atoms with E-state index in [1.807, 2.05) is 29.3 Å². The molecular weight excluding hydrogens is 446 g/mol. The van der Waals surface area contributed by atoms with E-state index in [0.717, 1.165) is 22.9 Å². The fraction of sp³-hybridized carbons (Fsp3) is 0.280. The molecule has 1 fully saturated rings.